The van der Waals surface area contributed by atoms with E-state index >= 15 is 0 Å². The zero-order chi connectivity index (χ0) is 9.00. The normalized spacial score (nSPS) is 37.2. The van der Waals surface area contributed by atoms with E-state index in [0.29, 0.717) is 30.3 Å². The molecule has 2 nitrogen and oxygen atoms in total. The van der Waals surface area contributed by atoms with Crippen molar-refractivity contribution in [1.29, 1.82) is 0 Å². The Morgan fingerprint density at radius 1 is 1.00 bits per heavy atom. The summed E-state index contributed by atoms with van der Waals surface area (Å²) in [6.07, 6.45) is 3.95. The van der Waals surface area contributed by atoms with Gasteiger partial charge in [-0.1, -0.05) is 11.1 Å². The van der Waals surface area contributed by atoms with Gasteiger partial charge in [-0.05, 0) is 18.8 Å². The lowest BCUT2D eigenvalue weighted by Gasteiger charge is -2.19. The molecule has 0 spiro atoms. The highest BCUT2D eigenvalue weighted by molar-refractivity contribution is 5.91. The monoisotopic (exact) mass is 176 g/mol. The van der Waals surface area contributed by atoms with Gasteiger partial charge in [-0.3, -0.25) is 9.59 Å². The van der Waals surface area contributed by atoms with Gasteiger partial charge >= 0.3 is 0 Å². The van der Waals surface area contributed by atoms with Gasteiger partial charge in [-0.2, -0.15) is 0 Å². The maximum absolute atomic E-state index is 11.5. The number of carbonyl (C=O) groups excluding carboxylic acids is 2. The standard InChI is InChI=1S/C11H12O2/c12-9-3-6-1-8-2-7(4-11(8)13)10(6)5-9/h7-8H,1-5H2. The number of fused-ring (bicyclic) bond motifs is 3. The largest absolute Gasteiger partial charge is 0.299 e. The summed E-state index contributed by atoms with van der Waals surface area (Å²) in [5.74, 6) is 1.53. The fraction of sp³-hybridized carbons (Fsp3) is 0.636. The van der Waals surface area contributed by atoms with E-state index in [1.165, 1.54) is 11.1 Å². The highest BCUT2D eigenvalue weighted by atomic mass is 16.1. The van der Waals surface area contributed by atoms with Crippen molar-refractivity contribution in [3.63, 3.8) is 0 Å². The van der Waals surface area contributed by atoms with Gasteiger partial charge in [0.2, 0.25) is 0 Å². The van der Waals surface area contributed by atoms with Gasteiger partial charge in [0.15, 0.2) is 0 Å². The predicted octanol–water partition coefficient (Wildman–Crippen LogP) is 1.64. The maximum Gasteiger partial charge on any atom is 0.140 e. The molecule has 1 fully saturated rings. The SMILES string of the molecule is O=C1CC2=C(C1)C1CC(=O)C(C2)C1. The number of carbonyl (C=O) groups is 2. The summed E-state index contributed by atoms with van der Waals surface area (Å²) < 4.78 is 0. The first-order valence-corrected chi connectivity index (χ1v) is 4.99. The summed E-state index contributed by atoms with van der Waals surface area (Å²) in [6.45, 7) is 0. The Balaban J connectivity index is 1.98. The lowest BCUT2D eigenvalue weighted by atomic mass is 9.84. The van der Waals surface area contributed by atoms with Gasteiger partial charge in [0.05, 0.1) is 0 Å². The molecule has 0 aliphatic heterocycles. The van der Waals surface area contributed by atoms with E-state index in [9.17, 15) is 9.59 Å². The van der Waals surface area contributed by atoms with Crippen LogP contribution in [0.4, 0.5) is 0 Å². The maximum atomic E-state index is 11.5. The summed E-state index contributed by atoms with van der Waals surface area (Å²) in [5.41, 5.74) is 2.66. The van der Waals surface area contributed by atoms with Crippen molar-refractivity contribution in [1.82, 2.24) is 0 Å². The molecule has 2 unspecified atom stereocenters. The number of Topliss-reactive ketones (excluding diaryl/α,β-unsaturated/α-hetero) is 2. The Morgan fingerprint density at radius 3 is 2.69 bits per heavy atom. The van der Waals surface area contributed by atoms with E-state index in [1.807, 2.05) is 0 Å². The first-order chi connectivity index (χ1) is 6.24. The molecule has 1 saturated carbocycles. The van der Waals surface area contributed by atoms with Crippen LogP contribution in [0.15, 0.2) is 11.1 Å². The number of rotatable bonds is 0. The molecule has 3 rings (SSSR count). The number of hydrogen-bond acceptors (Lipinski definition) is 2. The average Bonchev–Trinajstić information content (AvgIpc) is 2.57. The summed E-state index contributed by atoms with van der Waals surface area (Å²) in [4.78, 5) is 22.7. The molecule has 2 atom stereocenters. The van der Waals surface area contributed by atoms with E-state index in [1.54, 1.807) is 0 Å². The fourth-order valence-corrected chi connectivity index (χ4v) is 3.12. The number of allylic oxidation sites excluding steroid dienone is 2. The van der Waals surface area contributed by atoms with E-state index in [0.717, 1.165) is 19.3 Å². The molecule has 13 heavy (non-hydrogen) atoms. The average molecular weight is 176 g/mol. The van der Waals surface area contributed by atoms with Crippen molar-refractivity contribution < 1.29 is 9.59 Å². The minimum atomic E-state index is 0.273. The zero-order valence-corrected chi connectivity index (χ0v) is 7.51. The topological polar surface area (TPSA) is 34.1 Å². The quantitative estimate of drug-likeness (QED) is 0.526. The molecule has 3 aliphatic carbocycles. The lowest BCUT2D eigenvalue weighted by molar-refractivity contribution is -0.121. The third-order valence-corrected chi connectivity index (χ3v) is 3.71. The number of ketones is 2. The third-order valence-electron chi connectivity index (χ3n) is 3.71. The lowest BCUT2D eigenvalue weighted by Crippen LogP contribution is -2.10. The molecular weight excluding hydrogens is 164 g/mol. The van der Waals surface area contributed by atoms with Crippen molar-refractivity contribution >= 4 is 11.6 Å². The molecule has 0 aromatic heterocycles. The molecule has 68 valence electrons. The smallest absolute Gasteiger partial charge is 0.140 e. The van der Waals surface area contributed by atoms with Gasteiger partial charge in [0, 0.05) is 25.2 Å². The Bertz CT molecular complexity index is 338. The first kappa shape index (κ1) is 7.48. The molecular formula is C11H12O2. The van der Waals surface area contributed by atoms with Crippen LogP contribution in [-0.2, 0) is 9.59 Å². The molecule has 0 amide bonds. The van der Waals surface area contributed by atoms with Crippen molar-refractivity contribution in [3.05, 3.63) is 11.1 Å². The van der Waals surface area contributed by atoms with Crippen molar-refractivity contribution in [2.75, 3.05) is 0 Å². The van der Waals surface area contributed by atoms with Gasteiger partial charge in [-0.15, -0.1) is 0 Å². The van der Waals surface area contributed by atoms with Crippen LogP contribution in [-0.4, -0.2) is 11.6 Å². The van der Waals surface area contributed by atoms with E-state index < -0.39 is 0 Å². The van der Waals surface area contributed by atoms with Gasteiger partial charge in [0.25, 0.3) is 0 Å². The van der Waals surface area contributed by atoms with Gasteiger partial charge in [0.1, 0.15) is 11.6 Å². The summed E-state index contributed by atoms with van der Waals surface area (Å²) >= 11 is 0. The first-order valence-electron chi connectivity index (χ1n) is 4.99. The van der Waals surface area contributed by atoms with Crippen LogP contribution < -0.4 is 0 Å². The molecule has 0 aromatic rings. The van der Waals surface area contributed by atoms with Crippen molar-refractivity contribution in [3.8, 4) is 0 Å². The van der Waals surface area contributed by atoms with Gasteiger partial charge in [-0.25, -0.2) is 0 Å². The highest BCUT2D eigenvalue weighted by Crippen LogP contribution is 2.48. The Labute approximate surface area is 77.0 Å². The Hall–Kier alpha value is -0.920. The molecule has 2 bridgehead atoms. The van der Waals surface area contributed by atoms with Crippen LogP contribution in [0.5, 0.6) is 0 Å². The minimum Gasteiger partial charge on any atom is -0.299 e. The molecule has 0 aromatic carbocycles. The highest BCUT2D eigenvalue weighted by Gasteiger charge is 2.42. The molecule has 2 heteroatoms. The van der Waals surface area contributed by atoms with Crippen LogP contribution in [0.25, 0.3) is 0 Å². The Morgan fingerprint density at radius 2 is 1.85 bits per heavy atom. The second-order valence-corrected chi connectivity index (χ2v) is 4.53. The fourth-order valence-electron chi connectivity index (χ4n) is 3.12. The second-order valence-electron chi connectivity index (χ2n) is 4.53. The van der Waals surface area contributed by atoms with E-state index in [4.69, 9.17) is 0 Å². The molecule has 0 saturated heterocycles. The van der Waals surface area contributed by atoms with Crippen molar-refractivity contribution in [2.45, 2.75) is 32.1 Å². The van der Waals surface area contributed by atoms with Gasteiger partial charge < -0.3 is 0 Å². The summed E-state index contributed by atoms with van der Waals surface area (Å²) in [6, 6.07) is 0. The van der Waals surface area contributed by atoms with Crippen LogP contribution in [0.3, 0.4) is 0 Å². The Kier molecular flexibility index (Phi) is 1.33. The molecule has 0 N–H and O–H groups in total. The molecule has 0 radical (unpaired) electrons. The summed E-state index contributed by atoms with van der Waals surface area (Å²) in [7, 11) is 0. The van der Waals surface area contributed by atoms with Crippen molar-refractivity contribution in [2.24, 2.45) is 11.8 Å². The minimum absolute atomic E-state index is 0.273. The summed E-state index contributed by atoms with van der Waals surface area (Å²) in [5, 5.41) is 0. The van der Waals surface area contributed by atoms with E-state index in [2.05, 4.69) is 0 Å². The van der Waals surface area contributed by atoms with Crippen LogP contribution >= 0.6 is 0 Å². The second kappa shape index (κ2) is 2.31. The predicted molar refractivity (Wildman–Crippen MR) is 47.1 cm³/mol. The van der Waals surface area contributed by atoms with Crippen LogP contribution in [0.2, 0.25) is 0 Å². The third kappa shape index (κ3) is 0.946. The number of hydrogen-bond donors (Lipinski definition) is 0. The van der Waals surface area contributed by atoms with Crippen LogP contribution in [0, 0.1) is 11.8 Å². The van der Waals surface area contributed by atoms with E-state index in [-0.39, 0.29) is 5.92 Å². The van der Waals surface area contributed by atoms with Crippen LogP contribution in [0.1, 0.15) is 32.1 Å². The zero-order valence-electron chi connectivity index (χ0n) is 7.51. The molecule has 3 aliphatic rings. The molecule has 0 heterocycles.